The summed E-state index contributed by atoms with van der Waals surface area (Å²) in [6.45, 7) is 59.8. The number of tetrazole rings is 1. The Morgan fingerprint density at radius 1 is 0.403 bits per heavy atom. The van der Waals surface area contributed by atoms with Crippen LogP contribution in [-0.2, 0) is 0 Å². The SMILES string of the molecule is CC(C)c1ccc(C(C)C)s1.CC(C)c1cnc(C(C)C)o1.CC(C)c1cnc(C(C)C)s1.CC(C)c1csc(C(C)C)n1.CC(C)c1nnc(C(C)C)s1.CC(C)c1nnn(C(C)C)n1.CC(C)c1noc(C(C)C)n1. The molecule has 17 heteroatoms. The summed E-state index contributed by atoms with van der Waals surface area (Å²) in [5.74, 6) is 10.8. The molecule has 434 valence electrons. The standard InChI is InChI=1S/C10H16S.C9H15NO.2C9H15NS.C8H14N2O.C8H14N2S.C7H14N4/c1-7(2)9-5-6-10(11-9)8(3)4;1-6(2)8-5-10-9(11-8)7(3)4;1-6(2)8-5-11-9(10-8)7(3)4;1-6(2)8-5-10-9(11-8)7(3)4;1-5(2)7-9-8(6(3)4)11-10-7;1-5(2)7-9-10-8(11-7)6(3)4;1-5(2)7-8-10-11(9-7)6(3)4/h5-8H,1-4H3;3*5-7H,1-4H3;3*5-6H,1-4H3. The predicted molar refractivity (Wildman–Crippen MR) is 331 cm³/mol. The van der Waals surface area contributed by atoms with Crippen LogP contribution in [0.2, 0.25) is 0 Å². The second kappa shape index (κ2) is 35.5. The van der Waals surface area contributed by atoms with Crippen LogP contribution >= 0.6 is 45.3 Å². The molecule has 0 bridgehead atoms. The average molecular weight is 1140 g/mol. The maximum Gasteiger partial charge on any atom is 0.229 e. The maximum absolute atomic E-state index is 5.50. The zero-order chi connectivity index (χ0) is 59.0. The number of aromatic nitrogens is 11. The van der Waals surface area contributed by atoms with Gasteiger partial charge in [-0.2, -0.15) is 9.78 Å². The van der Waals surface area contributed by atoms with E-state index in [9.17, 15) is 0 Å². The van der Waals surface area contributed by atoms with Crippen LogP contribution in [0.1, 0.15) is 346 Å². The van der Waals surface area contributed by atoms with Crippen molar-refractivity contribution in [3.63, 3.8) is 0 Å². The number of thiophene rings is 1. The van der Waals surface area contributed by atoms with E-state index < -0.39 is 0 Å². The minimum Gasteiger partial charge on any atom is -0.445 e. The maximum atomic E-state index is 5.50. The molecule has 0 aliphatic heterocycles. The third-order valence-electron chi connectivity index (χ3n) is 11.0. The van der Waals surface area contributed by atoms with Gasteiger partial charge in [-0.3, -0.25) is 0 Å². The van der Waals surface area contributed by atoms with Gasteiger partial charge in [-0.05, 0) is 54.9 Å². The lowest BCUT2D eigenvalue weighted by atomic mass is 10.1. The Hall–Kier alpha value is -4.06. The lowest BCUT2D eigenvalue weighted by molar-refractivity contribution is 0.359. The molecule has 0 radical (unpaired) electrons. The summed E-state index contributed by atoms with van der Waals surface area (Å²) in [4.78, 5) is 23.3. The molecule has 0 aliphatic rings. The number of oxazole rings is 1. The zero-order valence-corrected chi connectivity index (χ0v) is 56.1. The third kappa shape index (κ3) is 26.6. The van der Waals surface area contributed by atoms with E-state index >= 15 is 0 Å². The van der Waals surface area contributed by atoms with Crippen LogP contribution in [0.25, 0.3) is 0 Å². The quantitative estimate of drug-likeness (QED) is 0.102. The molecule has 7 rings (SSSR count). The van der Waals surface area contributed by atoms with E-state index in [0.29, 0.717) is 83.0 Å². The van der Waals surface area contributed by atoms with Gasteiger partial charge in [-0.1, -0.05) is 185 Å². The smallest absolute Gasteiger partial charge is 0.229 e. The Morgan fingerprint density at radius 3 is 1.14 bits per heavy atom. The topological polar surface area (TPSA) is 160 Å². The van der Waals surface area contributed by atoms with Gasteiger partial charge < -0.3 is 8.94 Å². The van der Waals surface area contributed by atoms with Crippen molar-refractivity contribution >= 4 is 45.3 Å². The first-order chi connectivity index (χ1) is 35.8. The van der Waals surface area contributed by atoms with Crippen molar-refractivity contribution in [3.8, 4) is 0 Å². The molecule has 0 atom stereocenters. The van der Waals surface area contributed by atoms with Gasteiger partial charge in [0, 0.05) is 79.5 Å². The summed E-state index contributed by atoms with van der Waals surface area (Å²) >= 11 is 7.29. The first kappa shape index (κ1) is 71.0. The molecular weight excluding hydrogens is 1040 g/mol. The van der Waals surface area contributed by atoms with Crippen molar-refractivity contribution in [2.45, 2.75) is 277 Å². The van der Waals surface area contributed by atoms with Crippen LogP contribution in [0, 0.1) is 0 Å². The Balaban J connectivity index is 0.000000449. The van der Waals surface area contributed by atoms with Gasteiger partial charge >= 0.3 is 0 Å². The summed E-state index contributed by atoms with van der Waals surface area (Å²) in [6.07, 6.45) is 3.82. The van der Waals surface area contributed by atoms with Crippen molar-refractivity contribution < 1.29 is 8.94 Å². The van der Waals surface area contributed by atoms with Crippen LogP contribution in [0.4, 0.5) is 0 Å². The van der Waals surface area contributed by atoms with Crippen molar-refractivity contribution in [1.29, 1.82) is 0 Å². The van der Waals surface area contributed by atoms with Gasteiger partial charge in [-0.15, -0.1) is 65.7 Å². The van der Waals surface area contributed by atoms with Gasteiger partial charge in [0.25, 0.3) is 0 Å². The zero-order valence-electron chi connectivity index (χ0n) is 52.8. The molecule has 7 aromatic heterocycles. The molecule has 0 amide bonds. The van der Waals surface area contributed by atoms with E-state index in [1.165, 1.54) is 30.3 Å². The number of rotatable bonds is 14. The molecule has 0 saturated carbocycles. The highest BCUT2D eigenvalue weighted by Crippen LogP contribution is 2.30. The Bertz CT molecular complexity index is 1930. The summed E-state index contributed by atoms with van der Waals surface area (Å²) in [5.41, 5.74) is 1.23. The van der Waals surface area contributed by atoms with Gasteiger partial charge in [0.1, 0.15) is 15.8 Å². The van der Waals surface area contributed by atoms with Crippen molar-refractivity contribution in [2.75, 3.05) is 0 Å². The fraction of sp³-hybridized carbons (Fsp3) is 0.700. The normalized spacial score (nSPS) is 11.5. The van der Waals surface area contributed by atoms with E-state index in [0.717, 1.165) is 39.2 Å². The molecule has 0 spiro atoms. The summed E-state index contributed by atoms with van der Waals surface area (Å²) in [5, 5.41) is 31.1. The third-order valence-corrected chi connectivity index (χ3v) is 16.9. The molecule has 77 heavy (non-hydrogen) atoms. The fourth-order valence-corrected chi connectivity index (χ4v) is 9.39. The van der Waals surface area contributed by atoms with Crippen molar-refractivity contribution in [2.24, 2.45) is 0 Å². The second-order valence-electron chi connectivity index (χ2n) is 23.6. The van der Waals surface area contributed by atoms with Crippen LogP contribution in [0.15, 0.2) is 38.8 Å². The molecule has 0 saturated heterocycles. The van der Waals surface area contributed by atoms with Gasteiger partial charge in [0.2, 0.25) is 5.89 Å². The number of hydrogen-bond donors (Lipinski definition) is 0. The molecule has 0 unspecified atom stereocenters. The average Bonchev–Trinajstić information content (AvgIpc) is 4.20. The van der Waals surface area contributed by atoms with Gasteiger partial charge in [0.15, 0.2) is 17.5 Å². The van der Waals surface area contributed by atoms with Gasteiger partial charge in [-0.25, -0.2) is 15.0 Å². The first-order valence-electron chi connectivity index (χ1n) is 28.2. The molecule has 0 aromatic carbocycles. The number of thiazole rings is 2. The Morgan fingerprint density at radius 2 is 0.896 bits per heavy atom. The lowest BCUT2D eigenvalue weighted by Gasteiger charge is -2.00. The summed E-state index contributed by atoms with van der Waals surface area (Å²) in [6, 6.07) is 4.81. The van der Waals surface area contributed by atoms with E-state index in [1.807, 2.05) is 62.8 Å². The van der Waals surface area contributed by atoms with E-state index in [2.05, 4.69) is 234 Å². The molecule has 0 N–H and O–H groups in total. The predicted octanol–water partition coefficient (Wildman–Crippen LogP) is 20.2. The highest BCUT2D eigenvalue weighted by atomic mass is 32.1. The van der Waals surface area contributed by atoms with E-state index in [4.69, 9.17) is 8.94 Å². The minimum absolute atomic E-state index is 0.301. The van der Waals surface area contributed by atoms with E-state index in [-0.39, 0.29) is 0 Å². The summed E-state index contributed by atoms with van der Waals surface area (Å²) in [7, 11) is 0. The van der Waals surface area contributed by atoms with Crippen LogP contribution in [0.3, 0.4) is 0 Å². The first-order valence-corrected chi connectivity index (χ1v) is 31.5. The van der Waals surface area contributed by atoms with Crippen molar-refractivity contribution in [1.82, 2.24) is 55.5 Å². The van der Waals surface area contributed by atoms with Crippen LogP contribution in [-0.4, -0.2) is 55.5 Å². The molecule has 7 aromatic rings. The van der Waals surface area contributed by atoms with E-state index in [1.54, 1.807) is 27.5 Å². The second-order valence-corrected chi connectivity index (χ2v) is 27.8. The monoisotopic (exact) mass is 1140 g/mol. The van der Waals surface area contributed by atoms with Crippen molar-refractivity contribution in [3.05, 3.63) is 99.5 Å². The number of nitrogens with zero attached hydrogens (tertiary/aromatic N) is 11. The fourth-order valence-electron chi connectivity index (χ4n) is 5.60. The molecule has 0 fully saturated rings. The Kier molecular flexibility index (Phi) is 32.7. The van der Waals surface area contributed by atoms with Crippen LogP contribution in [0.5, 0.6) is 0 Å². The molecular formula is C60H103N11O2S4. The summed E-state index contributed by atoms with van der Waals surface area (Å²) < 4.78 is 10.5. The van der Waals surface area contributed by atoms with Crippen LogP contribution < -0.4 is 0 Å². The molecule has 7 heterocycles. The van der Waals surface area contributed by atoms with Gasteiger partial charge in [0.05, 0.1) is 27.9 Å². The highest BCUT2D eigenvalue weighted by molar-refractivity contribution is 7.12. The molecule has 13 nitrogen and oxygen atoms in total. The minimum atomic E-state index is 0.301. The Labute approximate surface area is 483 Å². The molecule has 0 aliphatic carbocycles. The largest absolute Gasteiger partial charge is 0.445 e. The lowest BCUT2D eigenvalue weighted by Crippen LogP contribution is -2.05. The number of hydrogen-bond acceptors (Lipinski definition) is 16. The highest BCUT2D eigenvalue weighted by Gasteiger charge is 2.14.